The summed E-state index contributed by atoms with van der Waals surface area (Å²) in [5, 5.41) is 15.2. The van der Waals surface area contributed by atoms with Crippen molar-refractivity contribution in [1.82, 2.24) is 30.0 Å². The number of amides is 1. The smallest absolute Gasteiger partial charge is 0.271 e. The fraction of sp³-hybridized carbons (Fsp3) is 0.148. The Morgan fingerprint density at radius 1 is 1.05 bits per heavy atom. The van der Waals surface area contributed by atoms with Crippen molar-refractivity contribution in [3.05, 3.63) is 94.2 Å². The average Bonchev–Trinajstić information content (AvgIpc) is 3.71. The molecule has 6 rings (SSSR count). The highest BCUT2D eigenvalue weighted by Crippen LogP contribution is 2.33. The summed E-state index contributed by atoms with van der Waals surface area (Å²) in [5.74, 6) is 2.48. The summed E-state index contributed by atoms with van der Waals surface area (Å²) in [6, 6.07) is 17.7. The maximum Gasteiger partial charge on any atom is 0.271 e. The fourth-order valence-corrected chi connectivity index (χ4v) is 5.65. The zero-order chi connectivity index (χ0) is 25.9. The van der Waals surface area contributed by atoms with E-state index in [9.17, 15) is 4.79 Å². The van der Waals surface area contributed by atoms with Crippen LogP contribution in [0.4, 0.5) is 0 Å². The van der Waals surface area contributed by atoms with Gasteiger partial charge in [-0.2, -0.15) is 0 Å². The van der Waals surface area contributed by atoms with Crippen LogP contribution in [-0.4, -0.2) is 37.4 Å². The predicted octanol–water partition coefficient (Wildman–Crippen LogP) is 5.05. The number of nitrogens with one attached hydrogen (secondary N) is 1. The number of thioether (sulfide) groups is 1. The molecule has 0 atom stereocenters. The molecule has 9 nitrogen and oxygen atoms in total. The highest BCUT2D eigenvalue weighted by atomic mass is 32.2. The second-order valence-electron chi connectivity index (χ2n) is 8.50. The van der Waals surface area contributed by atoms with Gasteiger partial charge in [0.05, 0.1) is 5.75 Å². The maximum absolute atomic E-state index is 12.7. The highest BCUT2D eigenvalue weighted by molar-refractivity contribution is 7.98. The van der Waals surface area contributed by atoms with Crippen LogP contribution in [0.25, 0.3) is 17.1 Å². The average molecular weight is 543 g/mol. The first-order valence-electron chi connectivity index (χ1n) is 11.8. The molecule has 0 radical (unpaired) electrons. The summed E-state index contributed by atoms with van der Waals surface area (Å²) in [6.07, 6.45) is 3.48. The van der Waals surface area contributed by atoms with Crippen molar-refractivity contribution < 1.29 is 14.3 Å². The quantitative estimate of drug-likeness (QED) is 0.272. The Kier molecular flexibility index (Phi) is 6.76. The van der Waals surface area contributed by atoms with E-state index < -0.39 is 0 Å². The van der Waals surface area contributed by atoms with Crippen molar-refractivity contribution in [2.45, 2.75) is 24.4 Å². The molecule has 1 aliphatic heterocycles. The molecule has 2 aromatic carbocycles. The van der Waals surface area contributed by atoms with Crippen LogP contribution in [0, 0.1) is 6.92 Å². The molecule has 3 aromatic heterocycles. The molecule has 0 unspecified atom stereocenters. The van der Waals surface area contributed by atoms with Gasteiger partial charge in [0.1, 0.15) is 10.7 Å². The normalized spacial score (nSPS) is 12.0. The number of carbonyl (C=O) groups excluding carboxylic acids is 1. The molecular formula is C27H22N6O3S2. The van der Waals surface area contributed by atoms with Gasteiger partial charge in [0.25, 0.3) is 5.91 Å². The van der Waals surface area contributed by atoms with Crippen LogP contribution in [0.2, 0.25) is 0 Å². The van der Waals surface area contributed by atoms with Crippen molar-refractivity contribution in [2.24, 2.45) is 0 Å². The van der Waals surface area contributed by atoms with Crippen LogP contribution >= 0.6 is 23.1 Å². The molecule has 38 heavy (non-hydrogen) atoms. The van der Waals surface area contributed by atoms with E-state index in [-0.39, 0.29) is 12.7 Å². The lowest BCUT2D eigenvalue weighted by atomic mass is 10.2. The van der Waals surface area contributed by atoms with E-state index in [1.54, 1.807) is 17.8 Å². The van der Waals surface area contributed by atoms with Gasteiger partial charge in [-0.25, -0.2) is 4.98 Å². The van der Waals surface area contributed by atoms with Crippen molar-refractivity contribution >= 4 is 29.0 Å². The summed E-state index contributed by atoms with van der Waals surface area (Å²) in [4.78, 5) is 21.4. The zero-order valence-corrected chi connectivity index (χ0v) is 22.0. The van der Waals surface area contributed by atoms with Gasteiger partial charge in [0.2, 0.25) is 6.79 Å². The molecule has 4 heterocycles. The minimum atomic E-state index is -0.224. The first-order chi connectivity index (χ1) is 18.6. The first kappa shape index (κ1) is 24.1. The second-order valence-corrected chi connectivity index (χ2v) is 10.4. The topological polar surface area (TPSA) is 104 Å². The zero-order valence-electron chi connectivity index (χ0n) is 20.3. The van der Waals surface area contributed by atoms with E-state index in [1.165, 1.54) is 28.7 Å². The molecular weight excluding hydrogens is 520 g/mol. The van der Waals surface area contributed by atoms with Gasteiger partial charge in [-0.3, -0.25) is 14.3 Å². The van der Waals surface area contributed by atoms with Crippen molar-refractivity contribution in [2.75, 3.05) is 6.79 Å². The van der Waals surface area contributed by atoms with Crippen molar-refractivity contribution in [3.63, 3.8) is 0 Å². The van der Waals surface area contributed by atoms with Gasteiger partial charge in [-0.05, 0) is 48.9 Å². The number of hydrogen-bond acceptors (Lipinski definition) is 9. The Morgan fingerprint density at radius 3 is 2.71 bits per heavy atom. The SMILES string of the molecule is Cc1ccc(-n2c(SCc3nc(C(=O)NCc4ccc5c(c4)OCO5)cs3)nnc2-c2ccncc2)cc1. The van der Waals surface area contributed by atoms with E-state index in [0.29, 0.717) is 29.5 Å². The van der Waals surface area contributed by atoms with E-state index in [1.807, 2.05) is 34.9 Å². The second kappa shape index (κ2) is 10.6. The van der Waals surface area contributed by atoms with E-state index in [4.69, 9.17) is 9.47 Å². The van der Waals surface area contributed by atoms with E-state index >= 15 is 0 Å². The Morgan fingerprint density at radius 2 is 1.87 bits per heavy atom. The summed E-state index contributed by atoms with van der Waals surface area (Å²) in [7, 11) is 0. The van der Waals surface area contributed by atoms with Gasteiger partial charge in [-0.1, -0.05) is 35.5 Å². The molecule has 190 valence electrons. The van der Waals surface area contributed by atoms with Crippen molar-refractivity contribution in [1.29, 1.82) is 0 Å². The lowest BCUT2D eigenvalue weighted by Gasteiger charge is -2.10. The van der Waals surface area contributed by atoms with Gasteiger partial charge < -0.3 is 14.8 Å². The molecule has 0 spiro atoms. The summed E-state index contributed by atoms with van der Waals surface area (Å²) in [6.45, 7) is 2.65. The van der Waals surface area contributed by atoms with Crippen LogP contribution in [0.5, 0.6) is 11.5 Å². The number of fused-ring (bicyclic) bond motifs is 1. The number of nitrogens with zero attached hydrogens (tertiary/aromatic N) is 5. The largest absolute Gasteiger partial charge is 0.454 e. The van der Waals surface area contributed by atoms with E-state index in [2.05, 4.69) is 56.7 Å². The van der Waals surface area contributed by atoms with Crippen molar-refractivity contribution in [3.8, 4) is 28.6 Å². The number of thiazole rings is 1. The van der Waals surface area contributed by atoms with Crippen LogP contribution in [0.3, 0.4) is 0 Å². The van der Waals surface area contributed by atoms with Gasteiger partial charge in [-0.15, -0.1) is 21.5 Å². The number of pyridine rings is 1. The third-order valence-corrected chi connectivity index (χ3v) is 7.83. The minimum Gasteiger partial charge on any atom is -0.454 e. The van der Waals surface area contributed by atoms with Crippen LogP contribution in [-0.2, 0) is 12.3 Å². The van der Waals surface area contributed by atoms with Gasteiger partial charge >= 0.3 is 0 Å². The molecule has 5 aromatic rings. The fourth-order valence-electron chi connectivity index (χ4n) is 3.91. The van der Waals surface area contributed by atoms with E-state index in [0.717, 1.165) is 32.8 Å². The number of rotatable bonds is 8. The lowest BCUT2D eigenvalue weighted by Crippen LogP contribution is -2.23. The van der Waals surface area contributed by atoms with Gasteiger partial charge in [0, 0.05) is 35.6 Å². The predicted molar refractivity (Wildman–Crippen MR) is 145 cm³/mol. The number of hydrogen-bond donors (Lipinski definition) is 1. The third-order valence-electron chi connectivity index (χ3n) is 5.86. The van der Waals surface area contributed by atoms with Crippen LogP contribution < -0.4 is 14.8 Å². The molecule has 1 amide bonds. The maximum atomic E-state index is 12.7. The molecule has 1 aliphatic rings. The molecule has 0 aliphatic carbocycles. The minimum absolute atomic E-state index is 0.219. The molecule has 0 fully saturated rings. The number of ether oxygens (including phenoxy) is 2. The Bertz CT molecular complexity index is 1580. The van der Waals surface area contributed by atoms with Crippen LogP contribution in [0.15, 0.2) is 77.5 Å². The molecule has 0 bridgehead atoms. The Labute approximate surface area is 226 Å². The number of carbonyl (C=O) groups is 1. The number of aromatic nitrogens is 5. The molecule has 1 N–H and O–H groups in total. The molecule has 0 saturated heterocycles. The first-order valence-corrected chi connectivity index (χ1v) is 13.7. The summed E-state index contributed by atoms with van der Waals surface area (Å²) >= 11 is 2.97. The summed E-state index contributed by atoms with van der Waals surface area (Å²) < 4.78 is 12.8. The number of aryl methyl sites for hydroxylation is 1. The summed E-state index contributed by atoms with van der Waals surface area (Å²) in [5.41, 5.74) is 4.39. The number of benzene rings is 2. The monoisotopic (exact) mass is 542 g/mol. The standard InChI is InChI=1S/C27H22N6O3S2/c1-17-2-5-20(6-3-17)33-25(19-8-10-28-11-9-19)31-32-27(33)38-15-24-30-21(14-37-24)26(34)29-13-18-4-7-22-23(12-18)36-16-35-22/h2-12,14H,13,15-16H2,1H3,(H,29,34). The van der Waals surface area contributed by atoms with Crippen LogP contribution in [0.1, 0.15) is 26.6 Å². The lowest BCUT2D eigenvalue weighted by molar-refractivity contribution is 0.0946. The molecule has 11 heteroatoms. The Balaban J connectivity index is 1.15. The Hall–Kier alpha value is -4.22. The van der Waals surface area contributed by atoms with Gasteiger partial charge in [0.15, 0.2) is 22.5 Å². The highest BCUT2D eigenvalue weighted by Gasteiger charge is 2.18. The molecule has 0 saturated carbocycles. The third kappa shape index (κ3) is 5.11.